The van der Waals surface area contributed by atoms with E-state index < -0.39 is 0 Å². The average Bonchev–Trinajstić information content (AvgIpc) is 2.79. The summed E-state index contributed by atoms with van der Waals surface area (Å²) in [6, 6.07) is 6.88. The van der Waals surface area contributed by atoms with E-state index in [1.54, 1.807) is 11.3 Å². The van der Waals surface area contributed by atoms with Crippen molar-refractivity contribution in [3.05, 3.63) is 23.2 Å². The van der Waals surface area contributed by atoms with Gasteiger partial charge in [0.25, 0.3) is 0 Å². The Hall–Kier alpha value is -1.13. The first kappa shape index (κ1) is 12.9. The van der Waals surface area contributed by atoms with Crippen LogP contribution in [0.3, 0.4) is 0 Å². The highest BCUT2D eigenvalue weighted by Crippen LogP contribution is 2.28. The van der Waals surface area contributed by atoms with Gasteiger partial charge in [0.15, 0.2) is 0 Å². The molecule has 0 amide bonds. The molecule has 1 aliphatic rings. The Balaban J connectivity index is 1.79. The second kappa shape index (κ2) is 5.47. The van der Waals surface area contributed by atoms with Gasteiger partial charge in [-0.1, -0.05) is 12.8 Å². The maximum Gasteiger partial charge on any atom is 0.0907 e. The van der Waals surface area contributed by atoms with Gasteiger partial charge in [0, 0.05) is 12.8 Å². The van der Waals surface area contributed by atoms with Crippen LogP contribution < -0.4 is 5.32 Å². The molecule has 0 aliphatic heterocycles. The number of hydrogen-bond donors (Lipinski definition) is 1. The fourth-order valence-corrected chi connectivity index (χ4v) is 3.75. The Bertz CT molecular complexity index is 566. The van der Waals surface area contributed by atoms with Crippen LogP contribution in [-0.4, -0.2) is 24.2 Å². The molecule has 0 bridgehead atoms. The van der Waals surface area contributed by atoms with Crippen molar-refractivity contribution in [1.82, 2.24) is 4.98 Å². The summed E-state index contributed by atoms with van der Waals surface area (Å²) in [6.45, 7) is 2.06. The van der Waals surface area contributed by atoms with Crippen LogP contribution in [0.1, 0.15) is 30.7 Å². The van der Waals surface area contributed by atoms with Gasteiger partial charge in [-0.15, -0.1) is 11.3 Å². The summed E-state index contributed by atoms with van der Waals surface area (Å²) in [5.74, 6) is 0. The molecule has 102 valence electrons. The Morgan fingerprint density at radius 1 is 1.32 bits per heavy atom. The minimum Gasteiger partial charge on any atom is -0.380 e. The molecular formula is C15H20N2OS. The van der Waals surface area contributed by atoms with E-state index in [0.29, 0.717) is 12.1 Å². The lowest BCUT2D eigenvalue weighted by Crippen LogP contribution is -2.37. The second-order valence-corrected chi connectivity index (χ2v) is 6.46. The molecule has 4 heteroatoms. The Morgan fingerprint density at radius 3 is 3.00 bits per heavy atom. The number of aryl methyl sites for hydroxylation is 1. The molecule has 3 nitrogen and oxygen atoms in total. The highest BCUT2D eigenvalue weighted by Gasteiger charge is 2.24. The highest BCUT2D eigenvalue weighted by molar-refractivity contribution is 7.18. The zero-order valence-corrected chi connectivity index (χ0v) is 12.3. The number of ether oxygens (including phenoxy) is 1. The first-order valence-electron chi connectivity index (χ1n) is 6.93. The van der Waals surface area contributed by atoms with Gasteiger partial charge < -0.3 is 10.1 Å². The van der Waals surface area contributed by atoms with Gasteiger partial charge in [-0.05, 0) is 38.0 Å². The van der Waals surface area contributed by atoms with Crippen molar-refractivity contribution in [2.24, 2.45) is 0 Å². The molecule has 2 unspecified atom stereocenters. The molecule has 1 heterocycles. The smallest absolute Gasteiger partial charge is 0.0907 e. The van der Waals surface area contributed by atoms with Crippen LogP contribution >= 0.6 is 11.3 Å². The Kier molecular flexibility index (Phi) is 3.71. The topological polar surface area (TPSA) is 34.1 Å². The standard InChI is InChI=1S/C15H20N2OS/c1-10-16-13-8-7-11(9-15(13)19-10)17-12-5-3-4-6-14(12)18-2/h7-9,12,14,17H,3-6H2,1-2H3. The van der Waals surface area contributed by atoms with E-state index in [0.717, 1.165) is 16.9 Å². The number of hydrogen-bond acceptors (Lipinski definition) is 4. The SMILES string of the molecule is COC1CCCCC1Nc1ccc2nc(C)sc2c1. The van der Waals surface area contributed by atoms with Crippen LogP contribution in [0.15, 0.2) is 18.2 Å². The maximum absolute atomic E-state index is 5.60. The number of rotatable bonds is 3. The molecule has 0 spiro atoms. The van der Waals surface area contributed by atoms with Crippen LogP contribution in [0.5, 0.6) is 0 Å². The van der Waals surface area contributed by atoms with Gasteiger partial charge in [0.2, 0.25) is 0 Å². The van der Waals surface area contributed by atoms with Crippen LogP contribution in [0.2, 0.25) is 0 Å². The number of methoxy groups -OCH3 is 1. The molecule has 1 aromatic carbocycles. The molecule has 1 aromatic heterocycles. The maximum atomic E-state index is 5.60. The number of nitrogens with zero attached hydrogens (tertiary/aromatic N) is 1. The summed E-state index contributed by atoms with van der Waals surface area (Å²) < 4.78 is 6.85. The highest BCUT2D eigenvalue weighted by atomic mass is 32.1. The number of benzene rings is 1. The van der Waals surface area contributed by atoms with Crippen LogP contribution in [0, 0.1) is 6.92 Å². The van der Waals surface area contributed by atoms with E-state index in [-0.39, 0.29) is 0 Å². The monoisotopic (exact) mass is 276 g/mol. The molecule has 1 fully saturated rings. The summed E-state index contributed by atoms with van der Waals surface area (Å²) in [5.41, 5.74) is 2.28. The summed E-state index contributed by atoms with van der Waals surface area (Å²) in [5, 5.41) is 4.76. The van der Waals surface area contributed by atoms with Crippen molar-refractivity contribution < 1.29 is 4.74 Å². The van der Waals surface area contributed by atoms with E-state index in [2.05, 4.69) is 35.4 Å². The summed E-state index contributed by atoms with van der Waals surface area (Å²) in [7, 11) is 1.82. The van der Waals surface area contributed by atoms with Gasteiger partial charge in [-0.25, -0.2) is 4.98 Å². The van der Waals surface area contributed by atoms with Crippen LogP contribution in [0.25, 0.3) is 10.2 Å². The minimum atomic E-state index is 0.340. The van der Waals surface area contributed by atoms with E-state index in [1.165, 1.54) is 29.6 Å². The fraction of sp³-hybridized carbons (Fsp3) is 0.533. The van der Waals surface area contributed by atoms with Gasteiger partial charge in [0.1, 0.15) is 0 Å². The molecule has 1 aliphatic carbocycles. The van der Waals surface area contributed by atoms with E-state index in [1.807, 2.05) is 7.11 Å². The lowest BCUT2D eigenvalue weighted by molar-refractivity contribution is 0.0606. The normalized spacial score (nSPS) is 23.7. The molecule has 1 N–H and O–H groups in total. The number of nitrogens with one attached hydrogen (secondary N) is 1. The molecule has 2 atom stereocenters. The quantitative estimate of drug-likeness (QED) is 0.921. The number of aromatic nitrogens is 1. The number of fused-ring (bicyclic) bond motifs is 1. The number of anilines is 1. The van der Waals surface area contributed by atoms with E-state index >= 15 is 0 Å². The van der Waals surface area contributed by atoms with Gasteiger partial charge >= 0.3 is 0 Å². The Labute approximate surface area is 118 Å². The van der Waals surface area contributed by atoms with Crippen LogP contribution in [-0.2, 0) is 4.74 Å². The lowest BCUT2D eigenvalue weighted by atomic mass is 9.92. The van der Waals surface area contributed by atoms with Crippen molar-refractivity contribution in [2.75, 3.05) is 12.4 Å². The van der Waals surface area contributed by atoms with Gasteiger partial charge in [-0.2, -0.15) is 0 Å². The van der Waals surface area contributed by atoms with Gasteiger partial charge in [0.05, 0.1) is 27.4 Å². The predicted octanol–water partition coefficient (Wildman–Crippen LogP) is 3.97. The third kappa shape index (κ3) is 2.74. The van der Waals surface area contributed by atoms with Crippen molar-refractivity contribution in [3.63, 3.8) is 0 Å². The molecular weight excluding hydrogens is 256 g/mol. The predicted molar refractivity (Wildman–Crippen MR) is 81.0 cm³/mol. The summed E-state index contributed by atoms with van der Waals surface area (Å²) in [4.78, 5) is 4.50. The zero-order chi connectivity index (χ0) is 13.2. The largest absolute Gasteiger partial charge is 0.380 e. The van der Waals surface area contributed by atoms with Crippen molar-refractivity contribution >= 4 is 27.2 Å². The summed E-state index contributed by atoms with van der Waals surface area (Å²) in [6.07, 6.45) is 5.27. The minimum absolute atomic E-state index is 0.340. The van der Waals surface area contributed by atoms with Crippen molar-refractivity contribution in [1.29, 1.82) is 0 Å². The Morgan fingerprint density at radius 2 is 2.16 bits per heavy atom. The molecule has 19 heavy (non-hydrogen) atoms. The summed E-state index contributed by atoms with van der Waals surface area (Å²) >= 11 is 1.75. The van der Waals surface area contributed by atoms with Crippen molar-refractivity contribution in [3.8, 4) is 0 Å². The average molecular weight is 276 g/mol. The van der Waals surface area contributed by atoms with Crippen molar-refractivity contribution in [2.45, 2.75) is 44.8 Å². The molecule has 0 radical (unpaired) electrons. The third-order valence-electron chi connectivity index (χ3n) is 3.85. The fourth-order valence-electron chi connectivity index (χ4n) is 2.89. The molecule has 3 rings (SSSR count). The van der Waals surface area contributed by atoms with Crippen LogP contribution in [0.4, 0.5) is 5.69 Å². The van der Waals surface area contributed by atoms with Gasteiger partial charge in [-0.3, -0.25) is 0 Å². The molecule has 1 saturated carbocycles. The van der Waals surface area contributed by atoms with E-state index in [9.17, 15) is 0 Å². The molecule has 0 saturated heterocycles. The number of thiazole rings is 1. The first-order chi connectivity index (χ1) is 9.26. The van der Waals surface area contributed by atoms with E-state index in [4.69, 9.17) is 4.74 Å². The second-order valence-electron chi connectivity index (χ2n) is 5.22. The zero-order valence-electron chi connectivity index (χ0n) is 11.5. The molecule has 2 aromatic rings. The third-order valence-corrected chi connectivity index (χ3v) is 4.79. The first-order valence-corrected chi connectivity index (χ1v) is 7.74. The lowest BCUT2D eigenvalue weighted by Gasteiger charge is -2.31.